The maximum atomic E-state index is 14.5. The van der Waals surface area contributed by atoms with E-state index in [1.165, 1.54) is 22.8 Å². The number of hydrogen-bond donors (Lipinski definition) is 0. The Bertz CT molecular complexity index is 2120. The molecular weight excluding hydrogens is 668 g/mol. The number of para-hydroxylation sites is 1. The first-order valence-electron chi connectivity index (χ1n) is 16.8. The number of halogens is 1. The molecule has 1 fully saturated rings. The van der Waals surface area contributed by atoms with Gasteiger partial charge >= 0.3 is 5.97 Å². The number of allylic oxidation sites excluding steroid dienone is 1. The fourth-order valence-corrected chi connectivity index (χ4v) is 7.75. The van der Waals surface area contributed by atoms with Gasteiger partial charge in [0.1, 0.15) is 22.9 Å². The first-order chi connectivity index (χ1) is 24.8. The summed E-state index contributed by atoms with van der Waals surface area (Å²) in [5.41, 5.74) is 4.90. The number of carbonyl (C=O) groups excluding carboxylic acids is 2. The van der Waals surface area contributed by atoms with E-state index in [0.717, 1.165) is 52.8 Å². The van der Waals surface area contributed by atoms with Crippen LogP contribution in [0, 0.1) is 11.7 Å². The Balaban J connectivity index is 1.18. The van der Waals surface area contributed by atoms with Crippen molar-refractivity contribution in [1.29, 1.82) is 0 Å². The van der Waals surface area contributed by atoms with Gasteiger partial charge in [-0.3, -0.25) is 4.79 Å². The van der Waals surface area contributed by atoms with E-state index in [4.69, 9.17) is 23.7 Å². The number of nitrogens with zero attached hydrogens (tertiary/aromatic N) is 2. The van der Waals surface area contributed by atoms with E-state index in [0.29, 0.717) is 21.8 Å². The van der Waals surface area contributed by atoms with Gasteiger partial charge in [-0.2, -0.15) is 5.10 Å². The predicted molar refractivity (Wildman–Crippen MR) is 195 cm³/mol. The highest BCUT2D eigenvalue weighted by Gasteiger charge is 2.45. The van der Waals surface area contributed by atoms with Crippen molar-refractivity contribution in [3.8, 4) is 11.5 Å². The number of methoxy groups -OCH3 is 2. The number of rotatable bonds is 10. The van der Waals surface area contributed by atoms with E-state index in [-0.39, 0.29) is 23.2 Å². The van der Waals surface area contributed by atoms with Gasteiger partial charge in [0.15, 0.2) is 6.10 Å². The molecule has 0 saturated heterocycles. The predicted octanol–water partition coefficient (Wildman–Crippen LogP) is 9.25. The standard InChI is InChI=1S/C41H37FN2O6S/c1-25(49-41(46)39-33(31-10-4-6-13-35(31)50-39)24-51-36-14-7-5-12-34(36)42)40(45)44-38(27-17-21-30(48-3)22-18-27)32-11-8-9-28(37(32)43-44)23-26-15-19-29(47-2)20-16-26/h4-7,10,12-23,25,32,38H,8-9,11,24H2,1-3H3/b28-23-. The number of fused-ring (bicyclic) bond motifs is 2. The fourth-order valence-electron chi connectivity index (χ4n) is 6.79. The van der Waals surface area contributed by atoms with Crippen molar-refractivity contribution in [3.63, 3.8) is 0 Å². The molecule has 51 heavy (non-hydrogen) atoms. The molecule has 0 radical (unpaired) electrons. The van der Waals surface area contributed by atoms with Crippen molar-refractivity contribution in [1.82, 2.24) is 5.01 Å². The largest absolute Gasteiger partial charge is 0.497 e. The zero-order valence-electron chi connectivity index (χ0n) is 28.5. The first kappa shape index (κ1) is 34.1. The normalized spacial score (nSPS) is 18.3. The van der Waals surface area contributed by atoms with Crippen LogP contribution in [-0.4, -0.2) is 42.9 Å². The number of hydrazone groups is 1. The summed E-state index contributed by atoms with van der Waals surface area (Å²) in [6.45, 7) is 1.55. The van der Waals surface area contributed by atoms with Gasteiger partial charge in [0.2, 0.25) is 5.76 Å². The number of esters is 1. The highest BCUT2D eigenvalue weighted by atomic mass is 32.2. The van der Waals surface area contributed by atoms with E-state index < -0.39 is 24.0 Å². The highest BCUT2D eigenvalue weighted by Crippen LogP contribution is 2.45. The molecule has 1 amide bonds. The summed E-state index contributed by atoms with van der Waals surface area (Å²) in [5, 5.41) is 7.18. The third kappa shape index (κ3) is 7.01. The minimum absolute atomic E-state index is 0.0162. The molecular formula is C41H37FN2O6S. The minimum atomic E-state index is -1.18. The van der Waals surface area contributed by atoms with Crippen molar-refractivity contribution in [2.45, 2.75) is 49.0 Å². The van der Waals surface area contributed by atoms with Gasteiger partial charge in [-0.25, -0.2) is 14.2 Å². The van der Waals surface area contributed by atoms with Crippen LogP contribution in [0.4, 0.5) is 4.39 Å². The smallest absolute Gasteiger partial charge is 0.375 e. The first-order valence-corrected chi connectivity index (χ1v) is 17.8. The van der Waals surface area contributed by atoms with Crippen LogP contribution < -0.4 is 9.47 Å². The lowest BCUT2D eigenvalue weighted by Gasteiger charge is -2.30. The topological polar surface area (TPSA) is 90.6 Å². The van der Waals surface area contributed by atoms with Crippen molar-refractivity contribution in [3.05, 3.63) is 131 Å². The molecule has 1 aromatic heterocycles. The number of carbonyl (C=O) groups is 2. The SMILES string of the molecule is COc1ccc(/C=C2/CCCC3C2=NN(C(=O)C(C)OC(=O)c2oc4ccccc4c2CSc2ccccc2F)C3c2ccc(OC)cc2)cc1. The van der Waals surface area contributed by atoms with E-state index in [1.807, 2.05) is 66.7 Å². The number of benzene rings is 4. The number of hydrogen-bond acceptors (Lipinski definition) is 8. The van der Waals surface area contributed by atoms with Crippen molar-refractivity contribution in [2.24, 2.45) is 11.0 Å². The lowest BCUT2D eigenvalue weighted by atomic mass is 9.77. The van der Waals surface area contributed by atoms with Crippen LogP contribution in [0.15, 0.2) is 117 Å². The summed E-state index contributed by atoms with van der Waals surface area (Å²) in [6, 6.07) is 28.8. The van der Waals surface area contributed by atoms with Crippen molar-refractivity contribution in [2.75, 3.05) is 14.2 Å². The third-order valence-electron chi connectivity index (χ3n) is 9.37. The summed E-state index contributed by atoms with van der Waals surface area (Å²) in [5.74, 6) is 0.0923. The molecule has 1 saturated carbocycles. The van der Waals surface area contributed by atoms with E-state index in [1.54, 1.807) is 45.4 Å². The molecule has 8 nitrogen and oxygen atoms in total. The molecule has 1 aliphatic heterocycles. The lowest BCUT2D eigenvalue weighted by Crippen LogP contribution is -2.39. The molecule has 5 aromatic rings. The van der Waals surface area contributed by atoms with E-state index in [2.05, 4.69) is 6.08 Å². The Kier molecular flexibility index (Phi) is 9.94. The van der Waals surface area contributed by atoms with Gasteiger partial charge < -0.3 is 18.6 Å². The fraction of sp³-hybridized carbons (Fsp3) is 0.244. The number of ether oxygens (including phenoxy) is 3. The molecule has 4 aromatic carbocycles. The minimum Gasteiger partial charge on any atom is -0.497 e. The number of thioether (sulfide) groups is 1. The molecule has 3 unspecified atom stereocenters. The van der Waals surface area contributed by atoms with Crippen LogP contribution >= 0.6 is 11.8 Å². The van der Waals surface area contributed by atoms with Crippen LogP contribution in [0.5, 0.6) is 11.5 Å². The Morgan fingerprint density at radius 2 is 1.65 bits per heavy atom. The second-order valence-electron chi connectivity index (χ2n) is 12.5. The molecule has 0 bridgehead atoms. The Hall–Kier alpha value is -5.35. The van der Waals surface area contributed by atoms with Crippen LogP contribution in [0.3, 0.4) is 0 Å². The molecule has 2 heterocycles. The molecule has 2 aliphatic rings. The monoisotopic (exact) mass is 704 g/mol. The van der Waals surface area contributed by atoms with Gasteiger partial charge in [-0.1, -0.05) is 54.6 Å². The zero-order valence-corrected chi connectivity index (χ0v) is 29.3. The van der Waals surface area contributed by atoms with Crippen LogP contribution in [0.1, 0.15) is 59.5 Å². The summed E-state index contributed by atoms with van der Waals surface area (Å²) < 4.78 is 37.0. The van der Waals surface area contributed by atoms with Crippen LogP contribution in [-0.2, 0) is 15.3 Å². The van der Waals surface area contributed by atoms with Gasteiger partial charge in [0.05, 0.1) is 26.0 Å². The van der Waals surface area contributed by atoms with Crippen molar-refractivity contribution >= 4 is 46.4 Å². The maximum absolute atomic E-state index is 14.5. The Labute approximate surface area is 299 Å². The third-order valence-corrected chi connectivity index (χ3v) is 10.4. The second kappa shape index (κ2) is 14.9. The average molecular weight is 705 g/mol. The van der Waals surface area contributed by atoms with Gasteiger partial charge in [0.25, 0.3) is 5.91 Å². The quantitative estimate of drug-likeness (QED) is 0.106. The van der Waals surface area contributed by atoms with E-state index in [9.17, 15) is 14.0 Å². The van der Waals surface area contributed by atoms with E-state index >= 15 is 0 Å². The summed E-state index contributed by atoms with van der Waals surface area (Å²) >= 11 is 1.25. The summed E-state index contributed by atoms with van der Waals surface area (Å²) in [6.07, 6.45) is 3.54. The van der Waals surface area contributed by atoms with Gasteiger partial charge in [0, 0.05) is 27.5 Å². The Morgan fingerprint density at radius 3 is 2.37 bits per heavy atom. The second-order valence-corrected chi connectivity index (χ2v) is 13.5. The van der Waals surface area contributed by atoms with Crippen molar-refractivity contribution < 1.29 is 32.6 Å². The van der Waals surface area contributed by atoms with Crippen LogP contribution in [0.2, 0.25) is 0 Å². The summed E-state index contributed by atoms with van der Waals surface area (Å²) in [7, 11) is 3.25. The van der Waals surface area contributed by atoms with Gasteiger partial charge in [-0.15, -0.1) is 11.8 Å². The number of furan rings is 1. The van der Waals surface area contributed by atoms with Crippen LogP contribution in [0.25, 0.3) is 17.0 Å². The Morgan fingerprint density at radius 1 is 0.961 bits per heavy atom. The highest BCUT2D eigenvalue weighted by molar-refractivity contribution is 7.98. The molecule has 7 rings (SSSR count). The molecule has 0 spiro atoms. The maximum Gasteiger partial charge on any atom is 0.375 e. The molecule has 0 N–H and O–H groups in total. The molecule has 10 heteroatoms. The number of amides is 1. The zero-order chi connectivity index (χ0) is 35.5. The molecule has 3 atom stereocenters. The summed E-state index contributed by atoms with van der Waals surface area (Å²) in [4.78, 5) is 28.5. The van der Waals surface area contributed by atoms with Gasteiger partial charge in [-0.05, 0) is 91.4 Å². The molecule has 1 aliphatic carbocycles. The molecule has 260 valence electrons. The average Bonchev–Trinajstić information content (AvgIpc) is 3.74. The lowest BCUT2D eigenvalue weighted by molar-refractivity contribution is -0.142.